The summed E-state index contributed by atoms with van der Waals surface area (Å²) < 4.78 is 47.9. The summed E-state index contributed by atoms with van der Waals surface area (Å²) in [6.07, 6.45) is 1.82. The van der Waals surface area contributed by atoms with E-state index in [2.05, 4.69) is 12.2 Å². The Labute approximate surface area is 128 Å². The van der Waals surface area contributed by atoms with Crippen molar-refractivity contribution in [1.82, 2.24) is 4.90 Å². The average molecular weight is 332 g/mol. The lowest BCUT2D eigenvalue weighted by molar-refractivity contribution is 0.186. The van der Waals surface area contributed by atoms with Crippen LogP contribution in [0.1, 0.15) is 19.8 Å². The summed E-state index contributed by atoms with van der Waals surface area (Å²) in [6, 6.07) is 4.57. The molecular weight excluding hydrogens is 314 g/mol. The van der Waals surface area contributed by atoms with E-state index in [0.717, 1.165) is 25.0 Å². The molecule has 1 heterocycles. The molecule has 122 valence electrons. The Bertz CT molecular complexity index is 641. The number of amides is 2. The highest BCUT2D eigenvalue weighted by molar-refractivity contribution is 7.91. The Hall–Kier alpha value is -1.70. The molecule has 0 spiro atoms. The van der Waals surface area contributed by atoms with E-state index in [4.69, 9.17) is 0 Å². The number of piperidine rings is 1. The van der Waals surface area contributed by atoms with Crippen LogP contribution < -0.4 is 5.32 Å². The highest BCUT2D eigenvalue weighted by atomic mass is 32.2. The Morgan fingerprint density at radius 1 is 1.32 bits per heavy atom. The van der Waals surface area contributed by atoms with Gasteiger partial charge in [-0.15, -0.1) is 0 Å². The summed E-state index contributed by atoms with van der Waals surface area (Å²) >= 11 is 0. The Balaban J connectivity index is 2.09. The van der Waals surface area contributed by atoms with Gasteiger partial charge < -0.3 is 10.2 Å². The van der Waals surface area contributed by atoms with Crippen molar-refractivity contribution in [1.29, 1.82) is 0 Å². The predicted molar refractivity (Wildman–Crippen MR) is 78.6 cm³/mol. The maximum Gasteiger partial charge on any atom is 0.341 e. The fraction of sp³-hybridized carbons (Fsp3) is 0.500. The van der Waals surface area contributed by atoms with Crippen molar-refractivity contribution >= 4 is 21.6 Å². The lowest BCUT2D eigenvalue weighted by Gasteiger charge is -2.30. The van der Waals surface area contributed by atoms with Gasteiger partial charge in [0.25, 0.3) is 0 Å². The van der Waals surface area contributed by atoms with E-state index in [9.17, 15) is 22.0 Å². The topological polar surface area (TPSA) is 66.5 Å². The highest BCUT2D eigenvalue weighted by Crippen LogP contribution is 2.22. The molecule has 0 atom stereocenters. The van der Waals surface area contributed by atoms with Gasteiger partial charge in [0.2, 0.25) is 9.84 Å². The van der Waals surface area contributed by atoms with Crippen molar-refractivity contribution in [3.8, 4) is 0 Å². The smallest absolute Gasteiger partial charge is 0.325 e. The van der Waals surface area contributed by atoms with Crippen LogP contribution >= 0.6 is 0 Å². The lowest BCUT2D eigenvalue weighted by atomic mass is 10.00. The van der Waals surface area contributed by atoms with E-state index in [1.54, 1.807) is 4.90 Å². The fourth-order valence-corrected chi connectivity index (χ4v) is 3.03. The first-order valence-electron chi connectivity index (χ1n) is 6.98. The minimum Gasteiger partial charge on any atom is -0.325 e. The molecule has 0 unspecified atom stereocenters. The number of hydrogen-bond donors (Lipinski definition) is 1. The summed E-state index contributed by atoms with van der Waals surface area (Å²) in [6.45, 7) is 3.37. The number of nitrogens with one attached hydrogen (secondary N) is 1. The minimum absolute atomic E-state index is 0.186. The molecule has 1 aromatic rings. The monoisotopic (exact) mass is 332 g/mol. The Kier molecular flexibility index (Phi) is 5.00. The number of anilines is 1. The summed E-state index contributed by atoms with van der Waals surface area (Å²) in [5, 5.41) is 2.56. The average Bonchev–Trinajstić information content (AvgIpc) is 2.48. The largest absolute Gasteiger partial charge is 0.341 e. The first kappa shape index (κ1) is 16.7. The number of carbonyl (C=O) groups excluding carboxylic acids is 1. The first-order valence-corrected chi connectivity index (χ1v) is 8.53. The van der Waals surface area contributed by atoms with E-state index < -0.39 is 20.5 Å². The molecule has 1 saturated heterocycles. The third kappa shape index (κ3) is 3.73. The highest BCUT2D eigenvalue weighted by Gasteiger charge is 2.27. The summed E-state index contributed by atoms with van der Waals surface area (Å²) in [4.78, 5) is 13.2. The summed E-state index contributed by atoms with van der Waals surface area (Å²) in [7, 11) is -4.67. The molecule has 0 saturated carbocycles. The molecule has 2 rings (SSSR count). The van der Waals surface area contributed by atoms with E-state index in [-0.39, 0.29) is 11.7 Å². The van der Waals surface area contributed by atoms with Gasteiger partial charge in [0, 0.05) is 18.8 Å². The van der Waals surface area contributed by atoms with Crippen LogP contribution in [0.3, 0.4) is 0 Å². The number of benzene rings is 1. The first-order chi connectivity index (χ1) is 10.3. The van der Waals surface area contributed by atoms with Crippen molar-refractivity contribution < 1.29 is 22.0 Å². The third-order valence-corrected chi connectivity index (χ3v) is 5.10. The Morgan fingerprint density at radius 3 is 2.55 bits per heavy atom. The van der Waals surface area contributed by atoms with Crippen LogP contribution in [0.25, 0.3) is 0 Å². The standard InChI is InChI=1S/C14H18F2N2O3S/c1-10-5-7-18(8-6-10)14(19)17-11-3-2-4-12(9-11)22(20,21)13(15)16/h2-4,9-10,13H,5-8H2,1H3,(H,17,19). The van der Waals surface area contributed by atoms with Gasteiger partial charge in [0.15, 0.2) is 0 Å². The van der Waals surface area contributed by atoms with E-state index >= 15 is 0 Å². The van der Waals surface area contributed by atoms with E-state index in [1.165, 1.54) is 12.1 Å². The predicted octanol–water partition coefficient (Wildman–Crippen LogP) is 2.95. The fourth-order valence-electron chi connectivity index (χ4n) is 2.27. The number of rotatable bonds is 3. The van der Waals surface area contributed by atoms with Crippen molar-refractivity contribution in [2.75, 3.05) is 18.4 Å². The second-order valence-corrected chi connectivity index (χ2v) is 7.35. The van der Waals surface area contributed by atoms with Crippen molar-refractivity contribution in [2.45, 2.75) is 30.4 Å². The normalized spacial score (nSPS) is 16.8. The van der Waals surface area contributed by atoms with E-state index in [1.807, 2.05) is 0 Å². The quantitative estimate of drug-likeness (QED) is 0.925. The maximum absolute atomic E-state index is 12.5. The molecule has 1 aromatic carbocycles. The molecule has 1 N–H and O–H groups in total. The van der Waals surface area contributed by atoms with Crippen LogP contribution in [-0.2, 0) is 9.84 Å². The van der Waals surface area contributed by atoms with Crippen molar-refractivity contribution in [3.63, 3.8) is 0 Å². The number of halogens is 2. The number of alkyl halides is 2. The molecule has 2 amide bonds. The van der Waals surface area contributed by atoms with Crippen molar-refractivity contribution in [3.05, 3.63) is 24.3 Å². The molecule has 1 fully saturated rings. The maximum atomic E-state index is 12.5. The van der Waals surface area contributed by atoms with Crippen LogP contribution in [-0.4, -0.2) is 38.2 Å². The molecular formula is C14H18F2N2O3S. The second-order valence-electron chi connectivity index (χ2n) is 5.43. The molecule has 5 nitrogen and oxygen atoms in total. The minimum atomic E-state index is -4.67. The van der Waals surface area contributed by atoms with Gasteiger partial charge in [-0.2, -0.15) is 8.78 Å². The molecule has 0 aromatic heterocycles. The van der Waals surface area contributed by atoms with Gasteiger partial charge in [0.1, 0.15) is 0 Å². The molecule has 0 aliphatic carbocycles. The van der Waals surface area contributed by atoms with Gasteiger partial charge in [-0.1, -0.05) is 13.0 Å². The van der Waals surface area contributed by atoms with Crippen LogP contribution in [0.4, 0.5) is 19.3 Å². The number of carbonyl (C=O) groups is 1. The van der Waals surface area contributed by atoms with E-state index in [0.29, 0.717) is 19.0 Å². The molecule has 1 aliphatic rings. The second kappa shape index (κ2) is 6.60. The van der Waals surface area contributed by atoms with Gasteiger partial charge in [0.05, 0.1) is 4.90 Å². The zero-order valence-electron chi connectivity index (χ0n) is 12.1. The summed E-state index contributed by atoms with van der Waals surface area (Å²) in [5.74, 6) is -2.91. The molecule has 1 aliphatic heterocycles. The van der Waals surface area contributed by atoms with Crippen molar-refractivity contribution in [2.24, 2.45) is 5.92 Å². The number of sulfone groups is 1. The number of nitrogens with zero attached hydrogens (tertiary/aromatic N) is 1. The van der Waals surface area contributed by atoms with Crippen LogP contribution in [0.5, 0.6) is 0 Å². The van der Waals surface area contributed by atoms with Crippen LogP contribution in [0, 0.1) is 5.92 Å². The Morgan fingerprint density at radius 2 is 1.95 bits per heavy atom. The molecule has 0 bridgehead atoms. The summed E-state index contributed by atoms with van der Waals surface area (Å²) in [5.41, 5.74) is 0.186. The zero-order valence-corrected chi connectivity index (χ0v) is 12.9. The molecule has 0 radical (unpaired) electrons. The van der Waals surface area contributed by atoms with Crippen LogP contribution in [0.15, 0.2) is 29.2 Å². The SMILES string of the molecule is CC1CCN(C(=O)Nc2cccc(S(=O)(=O)C(F)F)c2)CC1. The number of likely N-dealkylation sites (tertiary alicyclic amines) is 1. The number of hydrogen-bond acceptors (Lipinski definition) is 3. The van der Waals surface area contributed by atoms with Crippen LogP contribution in [0.2, 0.25) is 0 Å². The van der Waals surface area contributed by atoms with Gasteiger partial charge >= 0.3 is 11.8 Å². The zero-order chi connectivity index (χ0) is 16.3. The molecule has 22 heavy (non-hydrogen) atoms. The lowest BCUT2D eigenvalue weighted by Crippen LogP contribution is -2.40. The third-order valence-electron chi connectivity index (χ3n) is 3.72. The van der Waals surface area contributed by atoms with Gasteiger partial charge in [-0.25, -0.2) is 13.2 Å². The molecule has 8 heteroatoms. The van der Waals surface area contributed by atoms with Gasteiger partial charge in [-0.3, -0.25) is 0 Å². The van der Waals surface area contributed by atoms with Gasteiger partial charge in [-0.05, 0) is 37.0 Å². The number of urea groups is 1.